The number of hydrogen-bond acceptors (Lipinski definition) is 3. The van der Waals surface area contributed by atoms with E-state index >= 15 is 0 Å². The molecule has 0 aromatic heterocycles. The van der Waals surface area contributed by atoms with Gasteiger partial charge in [0.2, 0.25) is 0 Å². The maximum absolute atomic E-state index is 11.7. The van der Waals surface area contributed by atoms with E-state index in [4.69, 9.17) is 5.11 Å². The first-order valence-corrected chi connectivity index (χ1v) is 7.10. The van der Waals surface area contributed by atoms with Crippen molar-refractivity contribution in [2.45, 2.75) is 33.2 Å². The second-order valence-electron chi connectivity index (χ2n) is 4.82. The van der Waals surface area contributed by atoms with E-state index in [0.717, 1.165) is 18.8 Å². The zero-order valence-electron chi connectivity index (χ0n) is 12.7. The molecule has 0 saturated carbocycles. The highest BCUT2D eigenvalue weighted by Gasteiger charge is 2.11. The van der Waals surface area contributed by atoms with Crippen LogP contribution >= 0.6 is 0 Å². The average Bonchev–Trinajstić information content (AvgIpc) is 2.40. The van der Waals surface area contributed by atoms with Crippen LogP contribution in [-0.4, -0.2) is 36.2 Å². The Morgan fingerprint density at radius 2 is 1.76 bits per heavy atom. The van der Waals surface area contributed by atoms with Crippen LogP contribution in [0.3, 0.4) is 0 Å². The molecule has 0 heterocycles. The third kappa shape index (κ3) is 5.72. The fourth-order valence-corrected chi connectivity index (χ4v) is 2.05. The molecule has 0 bridgehead atoms. The molecule has 3 N–H and O–H groups in total. The summed E-state index contributed by atoms with van der Waals surface area (Å²) in [6.45, 7) is 7.68. The highest BCUT2D eigenvalue weighted by Crippen LogP contribution is 2.17. The predicted molar refractivity (Wildman–Crippen MR) is 83.9 cm³/mol. The predicted octanol–water partition coefficient (Wildman–Crippen LogP) is 2.52. The summed E-state index contributed by atoms with van der Waals surface area (Å²) in [7, 11) is 0. The fraction of sp³-hybridized carbons (Fsp3) is 0.467. The zero-order valence-corrected chi connectivity index (χ0v) is 12.7. The lowest BCUT2D eigenvalue weighted by molar-refractivity contribution is -0.137. The van der Waals surface area contributed by atoms with Crippen molar-refractivity contribution in [2.24, 2.45) is 0 Å². The van der Waals surface area contributed by atoms with Crippen LogP contribution in [-0.2, 0) is 4.79 Å². The van der Waals surface area contributed by atoms with Crippen LogP contribution in [0.15, 0.2) is 24.3 Å². The summed E-state index contributed by atoms with van der Waals surface area (Å²) in [5.74, 6) is -0.939. The maximum Gasteiger partial charge on any atom is 0.319 e. The summed E-state index contributed by atoms with van der Waals surface area (Å²) in [4.78, 5) is 24.4. The molecule has 0 spiro atoms. The van der Waals surface area contributed by atoms with Crippen LogP contribution in [0.25, 0.3) is 0 Å². The van der Waals surface area contributed by atoms with Crippen molar-refractivity contribution >= 4 is 23.4 Å². The molecule has 0 saturated heterocycles. The van der Waals surface area contributed by atoms with Gasteiger partial charge >= 0.3 is 12.0 Å². The quantitative estimate of drug-likeness (QED) is 0.721. The summed E-state index contributed by atoms with van der Waals surface area (Å²) in [6, 6.07) is 6.73. The third-order valence-corrected chi connectivity index (χ3v) is 3.11. The minimum Gasteiger partial charge on any atom is -0.481 e. The van der Waals surface area contributed by atoms with Crippen molar-refractivity contribution in [1.82, 2.24) is 5.32 Å². The lowest BCUT2D eigenvalue weighted by Gasteiger charge is -2.21. The number of hydrogen-bond donors (Lipinski definition) is 3. The second-order valence-corrected chi connectivity index (χ2v) is 4.82. The number of anilines is 2. The van der Waals surface area contributed by atoms with Gasteiger partial charge in [-0.2, -0.15) is 0 Å². The first-order chi connectivity index (χ1) is 9.96. The van der Waals surface area contributed by atoms with E-state index in [1.165, 1.54) is 0 Å². The standard InChI is InChI=1S/C15H23N3O3/c1-4-18(5-2)13-8-6-12(7-9-13)17-15(21)16-11(3)10-14(19)20/h6-9,11H,4-5,10H2,1-3H3,(H,19,20)(H2,16,17,21). The number of nitrogens with zero attached hydrogens (tertiary/aromatic N) is 1. The highest BCUT2D eigenvalue weighted by molar-refractivity contribution is 5.89. The number of rotatable bonds is 7. The van der Waals surface area contributed by atoms with Crippen LogP contribution in [0, 0.1) is 0 Å². The molecule has 0 fully saturated rings. The van der Waals surface area contributed by atoms with Gasteiger partial charge in [-0.25, -0.2) is 4.79 Å². The monoisotopic (exact) mass is 293 g/mol. The summed E-state index contributed by atoms with van der Waals surface area (Å²) < 4.78 is 0. The van der Waals surface area contributed by atoms with Gasteiger partial charge in [0.05, 0.1) is 6.42 Å². The molecule has 21 heavy (non-hydrogen) atoms. The van der Waals surface area contributed by atoms with Gasteiger partial charge in [0.15, 0.2) is 0 Å². The molecule has 0 aliphatic heterocycles. The Morgan fingerprint density at radius 3 is 2.24 bits per heavy atom. The minimum absolute atomic E-state index is 0.103. The molecular formula is C15H23N3O3. The molecule has 2 amide bonds. The fourth-order valence-electron chi connectivity index (χ4n) is 2.05. The number of carbonyl (C=O) groups excluding carboxylic acids is 1. The molecule has 6 heteroatoms. The lowest BCUT2D eigenvalue weighted by Crippen LogP contribution is -2.37. The van der Waals surface area contributed by atoms with Gasteiger partial charge in [0.25, 0.3) is 0 Å². The normalized spacial score (nSPS) is 11.6. The summed E-state index contributed by atoms with van der Waals surface area (Å²) in [5.41, 5.74) is 1.77. The Balaban J connectivity index is 2.55. The van der Waals surface area contributed by atoms with Gasteiger partial charge in [-0.1, -0.05) is 0 Å². The molecule has 6 nitrogen and oxygen atoms in total. The number of carboxylic acids is 1. The Kier molecular flexibility index (Phi) is 6.52. The Morgan fingerprint density at radius 1 is 1.19 bits per heavy atom. The summed E-state index contributed by atoms with van der Waals surface area (Å²) in [5, 5.41) is 13.9. The molecular weight excluding hydrogens is 270 g/mol. The van der Waals surface area contributed by atoms with Gasteiger partial charge in [0.1, 0.15) is 0 Å². The molecule has 0 radical (unpaired) electrons. The minimum atomic E-state index is -0.939. The van der Waals surface area contributed by atoms with E-state index in [0.29, 0.717) is 5.69 Å². The first kappa shape index (κ1) is 16.8. The molecule has 116 valence electrons. The smallest absolute Gasteiger partial charge is 0.319 e. The van der Waals surface area contributed by atoms with E-state index in [9.17, 15) is 9.59 Å². The van der Waals surface area contributed by atoms with Crippen molar-refractivity contribution in [1.29, 1.82) is 0 Å². The molecule has 0 aliphatic carbocycles. The van der Waals surface area contributed by atoms with Crippen molar-refractivity contribution in [3.8, 4) is 0 Å². The van der Waals surface area contributed by atoms with Gasteiger partial charge in [-0.15, -0.1) is 0 Å². The Bertz CT molecular complexity index is 470. The Labute approximate surface area is 125 Å². The number of aliphatic carboxylic acids is 1. The average molecular weight is 293 g/mol. The van der Waals surface area contributed by atoms with E-state index in [1.54, 1.807) is 6.92 Å². The Hall–Kier alpha value is -2.24. The lowest BCUT2D eigenvalue weighted by atomic mass is 10.2. The van der Waals surface area contributed by atoms with Gasteiger partial charge in [-0.3, -0.25) is 4.79 Å². The number of amides is 2. The van der Waals surface area contributed by atoms with E-state index in [2.05, 4.69) is 29.4 Å². The van der Waals surface area contributed by atoms with Crippen LogP contribution in [0.1, 0.15) is 27.2 Å². The van der Waals surface area contributed by atoms with Gasteiger partial charge in [0, 0.05) is 30.5 Å². The number of urea groups is 1. The van der Waals surface area contributed by atoms with E-state index in [-0.39, 0.29) is 6.42 Å². The molecule has 1 atom stereocenters. The van der Waals surface area contributed by atoms with Crippen molar-refractivity contribution in [3.05, 3.63) is 24.3 Å². The van der Waals surface area contributed by atoms with Crippen LogP contribution < -0.4 is 15.5 Å². The van der Waals surface area contributed by atoms with Gasteiger partial charge < -0.3 is 20.6 Å². The maximum atomic E-state index is 11.7. The van der Waals surface area contributed by atoms with Crippen LogP contribution in [0.5, 0.6) is 0 Å². The summed E-state index contributed by atoms with van der Waals surface area (Å²) in [6.07, 6.45) is -0.103. The molecule has 0 aliphatic rings. The summed E-state index contributed by atoms with van der Waals surface area (Å²) >= 11 is 0. The van der Waals surface area contributed by atoms with Crippen molar-refractivity contribution in [2.75, 3.05) is 23.3 Å². The van der Waals surface area contributed by atoms with E-state index < -0.39 is 18.0 Å². The molecule has 1 aromatic rings. The van der Waals surface area contributed by atoms with Gasteiger partial charge in [-0.05, 0) is 45.0 Å². The number of benzene rings is 1. The molecule has 1 aromatic carbocycles. The van der Waals surface area contributed by atoms with Crippen molar-refractivity contribution < 1.29 is 14.7 Å². The third-order valence-electron chi connectivity index (χ3n) is 3.11. The topological polar surface area (TPSA) is 81.7 Å². The SMILES string of the molecule is CCN(CC)c1ccc(NC(=O)NC(C)CC(=O)O)cc1. The number of carboxylic acid groups (broad SMARTS) is 1. The zero-order chi connectivity index (χ0) is 15.8. The highest BCUT2D eigenvalue weighted by atomic mass is 16.4. The van der Waals surface area contributed by atoms with Crippen LogP contribution in [0.2, 0.25) is 0 Å². The largest absolute Gasteiger partial charge is 0.481 e. The van der Waals surface area contributed by atoms with Crippen LogP contribution in [0.4, 0.5) is 16.2 Å². The number of nitrogens with one attached hydrogen (secondary N) is 2. The van der Waals surface area contributed by atoms with Crippen molar-refractivity contribution in [3.63, 3.8) is 0 Å². The second kappa shape index (κ2) is 8.14. The molecule has 1 rings (SSSR count). The number of carbonyl (C=O) groups is 2. The van der Waals surface area contributed by atoms with E-state index in [1.807, 2.05) is 24.3 Å². The molecule has 1 unspecified atom stereocenters. The first-order valence-electron chi connectivity index (χ1n) is 7.10.